The highest BCUT2D eigenvalue weighted by Crippen LogP contribution is 2.33. The van der Waals surface area contributed by atoms with Crippen molar-refractivity contribution in [3.63, 3.8) is 0 Å². The molecule has 1 aromatic carbocycles. The Morgan fingerprint density at radius 1 is 1.40 bits per heavy atom. The van der Waals surface area contributed by atoms with Gasteiger partial charge in [0, 0.05) is 5.38 Å². The van der Waals surface area contributed by atoms with Crippen LogP contribution < -0.4 is 10.1 Å². The molecule has 0 aliphatic heterocycles. The molecule has 1 aromatic heterocycles. The van der Waals surface area contributed by atoms with Crippen LogP contribution in [0.5, 0.6) is 5.75 Å². The minimum atomic E-state index is -0.347. The molecule has 0 aliphatic rings. The average molecular weight is 331 g/mol. The number of rotatable bonds is 4. The van der Waals surface area contributed by atoms with Crippen LogP contribution in [0.15, 0.2) is 17.5 Å². The average Bonchev–Trinajstić information content (AvgIpc) is 2.84. The fourth-order valence-electron chi connectivity index (χ4n) is 1.69. The van der Waals surface area contributed by atoms with E-state index in [0.29, 0.717) is 16.6 Å². The second-order valence-corrected chi connectivity index (χ2v) is 5.85. The molecule has 0 unspecified atom stereocenters. The predicted octanol–water partition coefficient (Wildman–Crippen LogP) is 3.70. The highest BCUT2D eigenvalue weighted by Gasteiger charge is 2.19. The van der Waals surface area contributed by atoms with Gasteiger partial charge >= 0.3 is 0 Å². The summed E-state index contributed by atoms with van der Waals surface area (Å²) in [7, 11) is 1.44. The molecular weight excluding hydrogens is 319 g/mol. The number of hydrogen-bond acceptors (Lipinski definition) is 4. The Bertz CT molecular complexity index is 643. The molecule has 1 amide bonds. The standard InChI is InChI=1S/C13H12Cl2N2O2S/c1-7-17-8(6-20-7)5-16-13(18)11-9(14)3-4-10(15)12(11)19-2/h3-4,6H,5H2,1-2H3,(H,16,18). The van der Waals surface area contributed by atoms with Gasteiger partial charge in [0.15, 0.2) is 5.75 Å². The van der Waals surface area contributed by atoms with Crippen molar-refractivity contribution in [1.29, 1.82) is 0 Å². The first-order valence-electron chi connectivity index (χ1n) is 5.74. The van der Waals surface area contributed by atoms with E-state index in [1.807, 2.05) is 12.3 Å². The first-order valence-corrected chi connectivity index (χ1v) is 7.37. The number of halogens is 2. The summed E-state index contributed by atoms with van der Waals surface area (Å²) >= 11 is 13.6. The Balaban J connectivity index is 2.19. The summed E-state index contributed by atoms with van der Waals surface area (Å²) < 4.78 is 5.14. The Morgan fingerprint density at radius 3 is 2.70 bits per heavy atom. The second-order valence-electron chi connectivity index (χ2n) is 3.98. The van der Waals surface area contributed by atoms with Gasteiger partial charge in [0.25, 0.3) is 5.91 Å². The van der Waals surface area contributed by atoms with Crippen LogP contribution >= 0.6 is 34.5 Å². The van der Waals surface area contributed by atoms with E-state index in [1.165, 1.54) is 18.4 Å². The van der Waals surface area contributed by atoms with Gasteiger partial charge in [-0.1, -0.05) is 23.2 Å². The van der Waals surface area contributed by atoms with E-state index < -0.39 is 0 Å². The van der Waals surface area contributed by atoms with Crippen LogP contribution in [-0.4, -0.2) is 18.0 Å². The quantitative estimate of drug-likeness (QED) is 0.929. The molecule has 2 aromatic rings. The largest absolute Gasteiger partial charge is 0.494 e. The number of aryl methyl sites for hydroxylation is 1. The lowest BCUT2D eigenvalue weighted by Gasteiger charge is -2.11. The summed E-state index contributed by atoms with van der Waals surface area (Å²) in [5.74, 6) is -0.0777. The van der Waals surface area contributed by atoms with E-state index >= 15 is 0 Å². The molecule has 0 spiro atoms. The van der Waals surface area contributed by atoms with Gasteiger partial charge in [-0.25, -0.2) is 4.98 Å². The van der Waals surface area contributed by atoms with Crippen molar-refractivity contribution in [1.82, 2.24) is 10.3 Å². The highest BCUT2D eigenvalue weighted by molar-refractivity contribution is 7.09. The molecule has 0 fully saturated rings. The van der Waals surface area contributed by atoms with Crippen LogP contribution in [0.3, 0.4) is 0 Å². The van der Waals surface area contributed by atoms with Gasteiger partial charge in [-0.3, -0.25) is 4.79 Å². The van der Waals surface area contributed by atoms with Gasteiger partial charge in [0.05, 0.1) is 34.4 Å². The lowest BCUT2D eigenvalue weighted by molar-refractivity contribution is 0.0947. The number of methoxy groups -OCH3 is 1. The van der Waals surface area contributed by atoms with Crippen LogP contribution in [0.4, 0.5) is 0 Å². The zero-order chi connectivity index (χ0) is 14.7. The third-order valence-corrected chi connectivity index (χ3v) is 4.02. The van der Waals surface area contributed by atoms with Gasteiger partial charge in [0.1, 0.15) is 5.56 Å². The Morgan fingerprint density at radius 2 is 2.10 bits per heavy atom. The van der Waals surface area contributed by atoms with Crippen molar-refractivity contribution >= 4 is 40.4 Å². The molecule has 1 N–H and O–H groups in total. The number of nitrogens with one attached hydrogen (secondary N) is 1. The van der Waals surface area contributed by atoms with E-state index in [-0.39, 0.29) is 17.2 Å². The molecule has 20 heavy (non-hydrogen) atoms. The molecule has 0 atom stereocenters. The number of hydrogen-bond donors (Lipinski definition) is 1. The molecule has 0 saturated heterocycles. The maximum atomic E-state index is 12.2. The van der Waals surface area contributed by atoms with Crippen LogP contribution in [0, 0.1) is 6.92 Å². The molecule has 4 nitrogen and oxygen atoms in total. The lowest BCUT2D eigenvalue weighted by Crippen LogP contribution is -2.24. The zero-order valence-electron chi connectivity index (χ0n) is 10.9. The van der Waals surface area contributed by atoms with E-state index in [1.54, 1.807) is 12.1 Å². The van der Waals surface area contributed by atoms with Gasteiger partial charge < -0.3 is 10.1 Å². The first kappa shape index (κ1) is 15.1. The van der Waals surface area contributed by atoms with Gasteiger partial charge in [-0.05, 0) is 19.1 Å². The lowest BCUT2D eigenvalue weighted by atomic mass is 10.2. The topological polar surface area (TPSA) is 51.2 Å². The Hall–Kier alpha value is -1.30. The van der Waals surface area contributed by atoms with Crippen molar-refractivity contribution in [3.8, 4) is 5.75 Å². The van der Waals surface area contributed by atoms with E-state index in [4.69, 9.17) is 27.9 Å². The smallest absolute Gasteiger partial charge is 0.256 e. The Labute approximate surface area is 130 Å². The maximum Gasteiger partial charge on any atom is 0.256 e. The van der Waals surface area contributed by atoms with Crippen LogP contribution in [-0.2, 0) is 6.54 Å². The van der Waals surface area contributed by atoms with Gasteiger partial charge in [-0.2, -0.15) is 0 Å². The van der Waals surface area contributed by atoms with Gasteiger partial charge in [-0.15, -0.1) is 11.3 Å². The summed E-state index contributed by atoms with van der Waals surface area (Å²) in [6, 6.07) is 3.15. The number of benzene rings is 1. The SMILES string of the molecule is COc1c(Cl)ccc(Cl)c1C(=O)NCc1csc(C)n1. The molecule has 0 radical (unpaired) electrons. The summed E-state index contributed by atoms with van der Waals surface area (Å²) in [5.41, 5.74) is 1.03. The highest BCUT2D eigenvalue weighted by atomic mass is 35.5. The molecule has 2 rings (SSSR count). The van der Waals surface area contributed by atoms with Crippen molar-refractivity contribution in [2.24, 2.45) is 0 Å². The van der Waals surface area contributed by atoms with Crippen LogP contribution in [0.2, 0.25) is 10.0 Å². The second kappa shape index (κ2) is 6.43. The molecule has 0 aliphatic carbocycles. The monoisotopic (exact) mass is 330 g/mol. The first-order chi connectivity index (χ1) is 9.52. The fraction of sp³-hybridized carbons (Fsp3) is 0.231. The van der Waals surface area contributed by atoms with Crippen LogP contribution in [0.25, 0.3) is 0 Å². The number of amides is 1. The number of aromatic nitrogens is 1. The van der Waals surface area contributed by atoms with E-state index in [2.05, 4.69) is 10.3 Å². The summed E-state index contributed by atoms with van der Waals surface area (Å²) in [5, 5.41) is 6.23. The third-order valence-electron chi connectivity index (χ3n) is 2.59. The molecular formula is C13H12Cl2N2O2S. The van der Waals surface area contributed by atoms with E-state index in [0.717, 1.165) is 10.7 Å². The Kier molecular flexibility index (Phi) is 4.86. The van der Waals surface area contributed by atoms with Gasteiger partial charge in [0.2, 0.25) is 0 Å². The number of carbonyl (C=O) groups is 1. The van der Waals surface area contributed by atoms with E-state index in [9.17, 15) is 4.79 Å². The predicted molar refractivity (Wildman–Crippen MR) is 81.0 cm³/mol. The number of thiazole rings is 1. The minimum Gasteiger partial charge on any atom is -0.494 e. The number of ether oxygens (including phenoxy) is 1. The molecule has 0 bridgehead atoms. The molecule has 1 heterocycles. The minimum absolute atomic E-state index is 0.230. The van der Waals surface area contributed by atoms with Crippen molar-refractivity contribution in [3.05, 3.63) is 43.8 Å². The summed E-state index contributed by atoms with van der Waals surface area (Å²) in [4.78, 5) is 16.5. The molecule has 106 valence electrons. The number of carbonyl (C=O) groups excluding carboxylic acids is 1. The van der Waals surface area contributed by atoms with Crippen molar-refractivity contribution in [2.45, 2.75) is 13.5 Å². The number of nitrogens with zero attached hydrogens (tertiary/aromatic N) is 1. The zero-order valence-corrected chi connectivity index (χ0v) is 13.2. The fourth-order valence-corrected chi connectivity index (χ4v) is 2.77. The summed E-state index contributed by atoms with van der Waals surface area (Å²) in [6.45, 7) is 2.24. The molecule has 0 saturated carbocycles. The van der Waals surface area contributed by atoms with Crippen molar-refractivity contribution in [2.75, 3.05) is 7.11 Å². The third kappa shape index (κ3) is 3.23. The van der Waals surface area contributed by atoms with Crippen LogP contribution in [0.1, 0.15) is 21.1 Å². The van der Waals surface area contributed by atoms with Crippen molar-refractivity contribution < 1.29 is 9.53 Å². The normalized spacial score (nSPS) is 10.4. The maximum absolute atomic E-state index is 12.2. The molecule has 7 heteroatoms. The summed E-state index contributed by atoms with van der Waals surface area (Å²) in [6.07, 6.45) is 0.